The summed E-state index contributed by atoms with van der Waals surface area (Å²) in [7, 11) is 1.57. The quantitative estimate of drug-likeness (QED) is 0.530. The van der Waals surface area contributed by atoms with Crippen LogP contribution in [0.25, 0.3) is 10.2 Å². The molecule has 0 unspecified atom stereocenters. The Morgan fingerprint density at radius 1 is 1.19 bits per heavy atom. The van der Waals surface area contributed by atoms with E-state index in [1.54, 1.807) is 26.9 Å². The molecule has 10 nitrogen and oxygen atoms in total. The van der Waals surface area contributed by atoms with Gasteiger partial charge in [-0.15, -0.1) is 0 Å². The SMILES string of the molecule is CCCN(C(=O)NC)N1CC(=O)N2[C@@H](c3ccccc3)C(=O)N(Cc3cccc4sc(N)nc34)C[C@@H]21. The third-order valence-electron chi connectivity index (χ3n) is 6.65. The molecule has 36 heavy (non-hydrogen) atoms. The van der Waals surface area contributed by atoms with Crippen molar-refractivity contribution in [1.82, 2.24) is 30.1 Å². The highest BCUT2D eigenvalue weighted by molar-refractivity contribution is 7.22. The molecule has 0 aliphatic carbocycles. The normalized spacial score (nSPS) is 20.2. The average molecular weight is 508 g/mol. The fraction of sp³-hybridized carbons (Fsp3) is 0.360. The van der Waals surface area contributed by atoms with Crippen molar-refractivity contribution in [3.63, 3.8) is 0 Å². The van der Waals surface area contributed by atoms with E-state index in [2.05, 4.69) is 10.3 Å². The van der Waals surface area contributed by atoms with Crippen molar-refractivity contribution < 1.29 is 14.4 Å². The van der Waals surface area contributed by atoms with Crippen LogP contribution in [0.3, 0.4) is 0 Å². The maximum absolute atomic E-state index is 13.9. The number of piperazine rings is 1. The maximum atomic E-state index is 13.9. The third kappa shape index (κ3) is 4.14. The topological polar surface area (TPSA) is 115 Å². The Kier molecular flexibility index (Phi) is 6.50. The van der Waals surface area contributed by atoms with Crippen LogP contribution in [0.5, 0.6) is 0 Å². The zero-order valence-corrected chi connectivity index (χ0v) is 21.1. The number of amides is 4. The summed E-state index contributed by atoms with van der Waals surface area (Å²) in [5.74, 6) is -0.337. The number of hydrogen-bond donors (Lipinski definition) is 2. The second-order valence-corrected chi connectivity index (χ2v) is 9.97. The zero-order valence-electron chi connectivity index (χ0n) is 20.3. The van der Waals surface area contributed by atoms with Gasteiger partial charge in [0.15, 0.2) is 5.13 Å². The van der Waals surface area contributed by atoms with Crippen molar-refractivity contribution in [3.05, 3.63) is 59.7 Å². The summed E-state index contributed by atoms with van der Waals surface area (Å²) in [5.41, 5.74) is 8.37. The Balaban J connectivity index is 1.55. The number of nitrogen functional groups attached to an aromatic ring is 1. The number of nitrogens with one attached hydrogen (secondary N) is 1. The number of nitrogens with zero attached hydrogens (tertiary/aromatic N) is 5. The van der Waals surface area contributed by atoms with Gasteiger partial charge in [0.2, 0.25) is 5.91 Å². The zero-order chi connectivity index (χ0) is 25.4. The van der Waals surface area contributed by atoms with Crippen LogP contribution in [-0.2, 0) is 16.1 Å². The molecule has 1 aromatic heterocycles. The molecule has 2 saturated heterocycles. The van der Waals surface area contributed by atoms with Gasteiger partial charge in [-0.05, 0) is 23.6 Å². The molecule has 3 N–H and O–H groups in total. The second-order valence-electron chi connectivity index (χ2n) is 8.91. The smallest absolute Gasteiger partial charge is 0.331 e. The standard InChI is InChI=1S/C25H29N7O3S/c1-3-12-30(25(35)27-2)31-15-20(33)32-19(31)14-29(23(34)22(32)16-8-5-4-6-9-16)13-17-10-7-11-18-21(17)28-24(26)36-18/h4-11,19,22H,3,12-15H2,1-2H3,(H2,26,28)(H,27,35)/t19-,22+/m1/s1. The van der Waals surface area contributed by atoms with E-state index in [4.69, 9.17) is 5.73 Å². The molecule has 4 amide bonds. The van der Waals surface area contributed by atoms with Crippen molar-refractivity contribution in [2.24, 2.45) is 0 Å². The van der Waals surface area contributed by atoms with Crippen molar-refractivity contribution in [2.75, 3.05) is 32.4 Å². The highest BCUT2D eigenvalue weighted by atomic mass is 32.1. The molecule has 3 heterocycles. The number of thiazole rings is 1. The van der Waals surface area contributed by atoms with Gasteiger partial charge in [-0.25, -0.2) is 9.78 Å². The van der Waals surface area contributed by atoms with E-state index in [0.29, 0.717) is 18.2 Å². The van der Waals surface area contributed by atoms with E-state index in [1.807, 2.05) is 55.5 Å². The molecule has 2 aliphatic rings. The molecule has 0 radical (unpaired) electrons. The van der Waals surface area contributed by atoms with E-state index < -0.39 is 12.2 Å². The molecular formula is C25H29N7O3S. The number of hydrazine groups is 1. The Labute approximate surface area is 213 Å². The number of urea groups is 1. The highest BCUT2D eigenvalue weighted by Crippen LogP contribution is 2.37. The molecule has 11 heteroatoms. The summed E-state index contributed by atoms with van der Waals surface area (Å²) in [6, 6.07) is 14.1. The lowest BCUT2D eigenvalue weighted by Crippen LogP contribution is -2.62. The number of fused-ring (bicyclic) bond motifs is 2. The molecule has 2 aliphatic heterocycles. The summed E-state index contributed by atoms with van der Waals surface area (Å²) in [5, 5.41) is 6.53. The summed E-state index contributed by atoms with van der Waals surface area (Å²) in [6.07, 6.45) is 0.243. The minimum Gasteiger partial charge on any atom is -0.375 e. The molecule has 5 rings (SSSR count). The van der Waals surface area contributed by atoms with Crippen molar-refractivity contribution in [3.8, 4) is 0 Å². The van der Waals surface area contributed by atoms with Crippen molar-refractivity contribution >= 4 is 44.5 Å². The van der Waals surface area contributed by atoms with Crippen LogP contribution in [0.1, 0.15) is 30.5 Å². The van der Waals surface area contributed by atoms with Gasteiger partial charge in [0.05, 0.1) is 23.3 Å². The van der Waals surface area contributed by atoms with Gasteiger partial charge < -0.3 is 20.9 Å². The summed E-state index contributed by atoms with van der Waals surface area (Å²) in [4.78, 5) is 47.9. The Hall–Kier alpha value is -3.70. The first-order valence-corrected chi connectivity index (χ1v) is 12.8. The summed E-state index contributed by atoms with van der Waals surface area (Å²) < 4.78 is 0.960. The summed E-state index contributed by atoms with van der Waals surface area (Å²) >= 11 is 1.41. The number of benzene rings is 2. The number of anilines is 1. The molecule has 2 atom stereocenters. The number of hydrogen-bond acceptors (Lipinski definition) is 7. The van der Waals surface area contributed by atoms with Gasteiger partial charge in [-0.2, -0.15) is 5.01 Å². The van der Waals surface area contributed by atoms with E-state index in [-0.39, 0.29) is 30.9 Å². The molecule has 0 bridgehead atoms. The summed E-state index contributed by atoms with van der Waals surface area (Å²) in [6.45, 7) is 3.05. The van der Waals surface area contributed by atoms with Crippen LogP contribution in [0.2, 0.25) is 0 Å². The van der Waals surface area contributed by atoms with Gasteiger partial charge in [0.1, 0.15) is 12.2 Å². The predicted molar refractivity (Wildman–Crippen MR) is 137 cm³/mol. The van der Waals surface area contributed by atoms with Crippen LogP contribution in [-0.4, -0.2) is 75.5 Å². The van der Waals surface area contributed by atoms with E-state index in [0.717, 1.165) is 27.8 Å². The molecule has 188 valence electrons. The van der Waals surface area contributed by atoms with Crippen molar-refractivity contribution in [2.45, 2.75) is 32.1 Å². The van der Waals surface area contributed by atoms with E-state index in [9.17, 15) is 14.4 Å². The van der Waals surface area contributed by atoms with Gasteiger partial charge in [0.25, 0.3) is 5.91 Å². The predicted octanol–water partition coefficient (Wildman–Crippen LogP) is 2.40. The lowest BCUT2D eigenvalue weighted by molar-refractivity contribution is -0.158. The average Bonchev–Trinajstić information content (AvgIpc) is 3.42. The van der Waals surface area contributed by atoms with Crippen LogP contribution < -0.4 is 11.1 Å². The van der Waals surface area contributed by atoms with Crippen LogP contribution in [0.4, 0.5) is 9.93 Å². The number of para-hydroxylation sites is 1. The molecule has 2 fully saturated rings. The van der Waals surface area contributed by atoms with Crippen LogP contribution >= 0.6 is 11.3 Å². The lowest BCUT2D eigenvalue weighted by atomic mass is 10.00. The van der Waals surface area contributed by atoms with Gasteiger partial charge in [-0.1, -0.05) is 60.7 Å². The molecule has 3 aromatic rings. The van der Waals surface area contributed by atoms with E-state index >= 15 is 0 Å². The molecule has 2 aromatic carbocycles. The Morgan fingerprint density at radius 2 is 1.97 bits per heavy atom. The second kappa shape index (κ2) is 9.75. The van der Waals surface area contributed by atoms with Gasteiger partial charge >= 0.3 is 6.03 Å². The minimum atomic E-state index is -0.782. The first-order valence-electron chi connectivity index (χ1n) is 12.0. The minimum absolute atomic E-state index is 0.0285. The monoisotopic (exact) mass is 507 g/mol. The number of rotatable bonds is 6. The number of carbonyl (C=O) groups is 3. The van der Waals surface area contributed by atoms with Gasteiger partial charge in [-0.3, -0.25) is 14.6 Å². The number of nitrogens with two attached hydrogens (primary N) is 1. The Bertz CT molecular complexity index is 1300. The largest absolute Gasteiger partial charge is 0.375 e. The lowest BCUT2D eigenvalue weighted by Gasteiger charge is -2.46. The van der Waals surface area contributed by atoms with E-state index in [1.165, 1.54) is 11.3 Å². The van der Waals surface area contributed by atoms with Crippen LogP contribution in [0.15, 0.2) is 48.5 Å². The number of carbonyl (C=O) groups excluding carboxylic acids is 3. The number of aromatic nitrogens is 1. The maximum Gasteiger partial charge on any atom is 0.331 e. The first kappa shape index (κ1) is 24.0. The van der Waals surface area contributed by atoms with Crippen molar-refractivity contribution in [1.29, 1.82) is 0 Å². The molecular weight excluding hydrogens is 478 g/mol. The first-order chi connectivity index (χ1) is 17.4. The fourth-order valence-corrected chi connectivity index (χ4v) is 5.87. The molecule has 0 spiro atoms. The van der Waals surface area contributed by atoms with Crippen LogP contribution in [0, 0.1) is 0 Å². The highest BCUT2D eigenvalue weighted by Gasteiger charge is 2.52. The fourth-order valence-electron chi connectivity index (χ4n) is 5.08. The molecule has 0 saturated carbocycles. The van der Waals surface area contributed by atoms with Gasteiger partial charge in [0, 0.05) is 20.1 Å². The third-order valence-corrected chi connectivity index (χ3v) is 7.50. The Morgan fingerprint density at radius 3 is 2.69 bits per heavy atom.